The van der Waals surface area contributed by atoms with Crippen LogP contribution in [0.3, 0.4) is 0 Å². The van der Waals surface area contributed by atoms with Crippen molar-refractivity contribution in [1.82, 2.24) is 0 Å². The lowest BCUT2D eigenvalue weighted by Gasteiger charge is -2.36. The lowest BCUT2D eigenvalue weighted by atomic mass is 10.0. The van der Waals surface area contributed by atoms with Gasteiger partial charge < -0.3 is 25.4 Å². The minimum absolute atomic E-state index is 0.0332. The van der Waals surface area contributed by atoms with Crippen molar-refractivity contribution in [3.05, 3.63) is 70.8 Å². The van der Waals surface area contributed by atoms with Crippen molar-refractivity contribution in [3.63, 3.8) is 0 Å². The molecule has 0 aromatic heterocycles. The van der Waals surface area contributed by atoms with Gasteiger partial charge in [-0.2, -0.15) is 11.8 Å². The Morgan fingerprint density at radius 2 is 1.59 bits per heavy atom. The van der Waals surface area contributed by atoms with E-state index in [1.807, 2.05) is 48.5 Å². The molecule has 6 heteroatoms. The van der Waals surface area contributed by atoms with Gasteiger partial charge in [0, 0.05) is 30.0 Å². The molecule has 146 valence electrons. The van der Waals surface area contributed by atoms with Gasteiger partial charge in [0.2, 0.25) is 0 Å². The van der Waals surface area contributed by atoms with Crippen LogP contribution in [0, 0.1) is 0 Å². The van der Waals surface area contributed by atoms with Crippen LogP contribution in [0.15, 0.2) is 48.5 Å². The molecule has 3 atom stereocenters. The first-order chi connectivity index (χ1) is 13.2. The summed E-state index contributed by atoms with van der Waals surface area (Å²) in [5.41, 5.74) is 9.69. The van der Waals surface area contributed by atoms with Crippen molar-refractivity contribution in [3.8, 4) is 0 Å². The second-order valence-electron chi connectivity index (χ2n) is 6.59. The largest absolute Gasteiger partial charge is 0.396 e. The third kappa shape index (κ3) is 5.54. The third-order valence-corrected chi connectivity index (χ3v) is 5.72. The molecule has 5 nitrogen and oxygen atoms in total. The molecule has 3 rings (SSSR count). The highest BCUT2D eigenvalue weighted by molar-refractivity contribution is 7.99. The van der Waals surface area contributed by atoms with E-state index in [9.17, 15) is 5.11 Å². The summed E-state index contributed by atoms with van der Waals surface area (Å²) in [4.78, 5) is 0. The van der Waals surface area contributed by atoms with Crippen molar-refractivity contribution in [2.75, 3.05) is 18.1 Å². The van der Waals surface area contributed by atoms with Crippen molar-refractivity contribution in [2.45, 2.75) is 38.1 Å². The highest BCUT2D eigenvalue weighted by atomic mass is 32.2. The van der Waals surface area contributed by atoms with E-state index in [-0.39, 0.29) is 25.4 Å². The van der Waals surface area contributed by atoms with Gasteiger partial charge in [0.05, 0.1) is 25.4 Å². The molecule has 1 saturated heterocycles. The molecule has 2 aromatic rings. The fourth-order valence-corrected chi connectivity index (χ4v) is 3.89. The molecule has 27 heavy (non-hydrogen) atoms. The van der Waals surface area contributed by atoms with E-state index in [1.165, 1.54) is 0 Å². The predicted octanol–water partition coefficient (Wildman–Crippen LogP) is 2.91. The van der Waals surface area contributed by atoms with Gasteiger partial charge in [-0.25, -0.2) is 0 Å². The number of ether oxygens (including phenoxy) is 2. The number of benzene rings is 2. The first kappa shape index (κ1) is 20.3. The number of aliphatic hydroxyl groups is 2. The van der Waals surface area contributed by atoms with Crippen LogP contribution in [0.25, 0.3) is 0 Å². The Morgan fingerprint density at radius 3 is 2.22 bits per heavy atom. The Hall–Kier alpha value is -1.41. The topological polar surface area (TPSA) is 84.9 Å². The van der Waals surface area contributed by atoms with Crippen LogP contribution in [0.5, 0.6) is 0 Å². The maximum absolute atomic E-state index is 9.25. The van der Waals surface area contributed by atoms with Gasteiger partial charge in [-0.1, -0.05) is 48.5 Å². The smallest absolute Gasteiger partial charge is 0.184 e. The molecule has 1 unspecified atom stereocenters. The summed E-state index contributed by atoms with van der Waals surface area (Å²) in [7, 11) is 0. The van der Waals surface area contributed by atoms with E-state index in [2.05, 4.69) is 0 Å². The maximum Gasteiger partial charge on any atom is 0.184 e. The maximum atomic E-state index is 9.25. The normalized spacial score (nSPS) is 22.7. The first-order valence-electron chi connectivity index (χ1n) is 9.21. The van der Waals surface area contributed by atoms with Gasteiger partial charge in [-0.05, 0) is 16.7 Å². The molecule has 2 aromatic carbocycles. The Labute approximate surface area is 164 Å². The lowest BCUT2D eigenvalue weighted by Crippen LogP contribution is -2.31. The summed E-state index contributed by atoms with van der Waals surface area (Å²) < 4.78 is 12.5. The molecule has 4 N–H and O–H groups in total. The number of hydrogen-bond donors (Lipinski definition) is 3. The second-order valence-corrected chi connectivity index (χ2v) is 7.74. The van der Waals surface area contributed by atoms with Crippen LogP contribution >= 0.6 is 11.8 Å². The van der Waals surface area contributed by atoms with Crippen molar-refractivity contribution in [2.24, 2.45) is 5.73 Å². The molecule has 1 aliphatic rings. The third-order valence-electron chi connectivity index (χ3n) is 4.64. The fraction of sp³-hybridized carbons (Fsp3) is 0.429. The van der Waals surface area contributed by atoms with Gasteiger partial charge in [0.15, 0.2) is 6.29 Å². The fourth-order valence-electron chi connectivity index (χ4n) is 3.11. The molecular formula is C21H27NO4S. The summed E-state index contributed by atoms with van der Waals surface area (Å²) in [6.45, 7) is 0.711. The zero-order valence-electron chi connectivity index (χ0n) is 15.3. The average molecular weight is 390 g/mol. The highest BCUT2D eigenvalue weighted by Crippen LogP contribution is 2.38. The number of hydrogen-bond acceptors (Lipinski definition) is 6. The minimum Gasteiger partial charge on any atom is -0.396 e. The van der Waals surface area contributed by atoms with Crippen LogP contribution in [0.1, 0.15) is 41.1 Å². The molecule has 1 heterocycles. The van der Waals surface area contributed by atoms with Crippen LogP contribution in [-0.2, 0) is 22.6 Å². The molecule has 0 aliphatic carbocycles. The molecular weight excluding hydrogens is 362 g/mol. The molecule has 1 aliphatic heterocycles. The van der Waals surface area contributed by atoms with E-state index in [0.29, 0.717) is 12.3 Å². The molecule has 0 spiro atoms. The Balaban J connectivity index is 1.77. The molecule has 0 bridgehead atoms. The number of thioether (sulfide) groups is 1. The van der Waals surface area contributed by atoms with E-state index >= 15 is 0 Å². The molecule has 0 radical (unpaired) electrons. The number of aliphatic hydroxyl groups excluding tert-OH is 2. The van der Waals surface area contributed by atoms with Gasteiger partial charge in [0.1, 0.15) is 0 Å². The Bertz CT molecular complexity index is 637. The van der Waals surface area contributed by atoms with Gasteiger partial charge in [-0.3, -0.25) is 0 Å². The number of rotatable bonds is 8. The van der Waals surface area contributed by atoms with Crippen molar-refractivity contribution >= 4 is 11.8 Å². The van der Waals surface area contributed by atoms with Crippen LogP contribution in [0.4, 0.5) is 0 Å². The van der Waals surface area contributed by atoms with Gasteiger partial charge in [-0.15, -0.1) is 0 Å². The summed E-state index contributed by atoms with van der Waals surface area (Å²) in [6.07, 6.45) is 0.282. The van der Waals surface area contributed by atoms with Crippen molar-refractivity contribution < 1.29 is 19.7 Å². The molecule has 0 amide bonds. The van der Waals surface area contributed by atoms with E-state index < -0.39 is 6.29 Å². The van der Waals surface area contributed by atoms with Crippen LogP contribution in [-0.4, -0.2) is 34.4 Å². The van der Waals surface area contributed by atoms with Gasteiger partial charge >= 0.3 is 0 Å². The standard InChI is InChI=1S/C21H27NO4S/c22-12-15-1-7-18(8-2-15)21-25-19(14-27-10-9-23)11-20(26-21)17-5-3-16(13-24)4-6-17/h1-8,19-21,23-24H,9-14,22H2/t19-,20+,21?/m0/s1. The summed E-state index contributed by atoms with van der Waals surface area (Å²) in [6, 6.07) is 15.9. The van der Waals surface area contributed by atoms with Crippen molar-refractivity contribution in [1.29, 1.82) is 0 Å². The minimum atomic E-state index is -0.437. The van der Waals surface area contributed by atoms with Gasteiger partial charge in [0.25, 0.3) is 0 Å². The predicted molar refractivity (Wildman–Crippen MR) is 107 cm³/mol. The Morgan fingerprint density at radius 1 is 0.926 bits per heavy atom. The lowest BCUT2D eigenvalue weighted by molar-refractivity contribution is -0.245. The SMILES string of the molecule is NCc1ccc(C2O[C@H](CSCCO)C[C@H](c3ccc(CO)cc3)O2)cc1. The number of nitrogens with two attached hydrogens (primary N) is 1. The monoisotopic (exact) mass is 389 g/mol. The summed E-state index contributed by atoms with van der Waals surface area (Å²) in [5.74, 6) is 1.51. The summed E-state index contributed by atoms with van der Waals surface area (Å²) >= 11 is 1.69. The highest BCUT2D eigenvalue weighted by Gasteiger charge is 2.32. The second kappa shape index (κ2) is 10.2. The Kier molecular flexibility index (Phi) is 7.70. The van der Waals surface area contributed by atoms with E-state index in [0.717, 1.165) is 34.4 Å². The average Bonchev–Trinajstić information content (AvgIpc) is 2.74. The molecule has 1 fully saturated rings. The van der Waals surface area contributed by atoms with E-state index in [4.69, 9.17) is 20.3 Å². The van der Waals surface area contributed by atoms with Crippen LogP contribution < -0.4 is 5.73 Å². The van der Waals surface area contributed by atoms with Crippen LogP contribution in [0.2, 0.25) is 0 Å². The first-order valence-corrected chi connectivity index (χ1v) is 10.4. The zero-order valence-corrected chi connectivity index (χ0v) is 16.1. The van der Waals surface area contributed by atoms with E-state index in [1.54, 1.807) is 11.8 Å². The quantitative estimate of drug-likeness (QED) is 0.602. The molecule has 0 saturated carbocycles. The summed E-state index contributed by atoms with van der Waals surface area (Å²) in [5, 5.41) is 18.3. The zero-order chi connectivity index (χ0) is 19.1.